The second-order valence-corrected chi connectivity index (χ2v) is 6.26. The molecule has 134 valence electrons. The third-order valence-electron chi connectivity index (χ3n) is 4.76. The molecule has 1 aliphatic carbocycles. The van der Waals surface area contributed by atoms with E-state index in [0.717, 1.165) is 32.0 Å². The second kappa shape index (κ2) is 9.21. The van der Waals surface area contributed by atoms with Crippen LogP contribution in [0.15, 0.2) is 4.79 Å². The van der Waals surface area contributed by atoms with Crippen LogP contribution in [0.2, 0.25) is 0 Å². The molecule has 1 aromatic heterocycles. The number of aromatic amines is 2. The number of hydrogen-bond donors (Lipinski definition) is 4. The van der Waals surface area contributed by atoms with E-state index in [4.69, 9.17) is 9.90 Å². The molecule has 1 saturated heterocycles. The number of carbonyl (C=O) groups is 2. The lowest BCUT2D eigenvalue weighted by Crippen LogP contribution is -2.42. The molecule has 3 rings (SSSR count). The summed E-state index contributed by atoms with van der Waals surface area (Å²) in [5, 5.41) is 15.6. The molecule has 1 saturated carbocycles. The summed E-state index contributed by atoms with van der Waals surface area (Å²) in [6.45, 7) is 2.70. The Balaban J connectivity index is 0.000000647. The Labute approximate surface area is 139 Å². The molecule has 24 heavy (non-hydrogen) atoms. The zero-order valence-electron chi connectivity index (χ0n) is 13.7. The van der Waals surface area contributed by atoms with Crippen LogP contribution in [0.3, 0.4) is 0 Å². The van der Waals surface area contributed by atoms with Crippen LogP contribution in [0.1, 0.15) is 49.1 Å². The monoisotopic (exact) mass is 339 g/mol. The number of aromatic nitrogens is 3. The molecule has 2 aliphatic rings. The number of nitrogens with one attached hydrogen (secondary N) is 3. The highest BCUT2D eigenvalue weighted by Gasteiger charge is 2.27. The minimum absolute atomic E-state index is 0.0587. The van der Waals surface area contributed by atoms with E-state index in [1.807, 2.05) is 0 Å². The Hall–Kier alpha value is -2.16. The molecule has 1 aliphatic heterocycles. The molecule has 0 atom stereocenters. The van der Waals surface area contributed by atoms with Crippen LogP contribution in [0.5, 0.6) is 0 Å². The molecule has 0 bridgehead atoms. The molecule has 0 radical (unpaired) electrons. The highest BCUT2D eigenvalue weighted by atomic mass is 16.3. The summed E-state index contributed by atoms with van der Waals surface area (Å²) in [4.78, 5) is 36.1. The maximum absolute atomic E-state index is 11.8. The van der Waals surface area contributed by atoms with Crippen molar-refractivity contribution >= 4 is 12.4 Å². The van der Waals surface area contributed by atoms with Crippen molar-refractivity contribution in [1.82, 2.24) is 25.4 Å². The van der Waals surface area contributed by atoms with Gasteiger partial charge in [0, 0.05) is 12.6 Å². The van der Waals surface area contributed by atoms with E-state index in [1.165, 1.54) is 25.7 Å². The lowest BCUT2D eigenvalue weighted by molar-refractivity contribution is -0.122. The van der Waals surface area contributed by atoms with Crippen molar-refractivity contribution in [3.8, 4) is 0 Å². The highest BCUT2D eigenvalue weighted by Crippen LogP contribution is 2.27. The third-order valence-corrected chi connectivity index (χ3v) is 4.76. The molecular weight excluding hydrogens is 314 g/mol. The molecule has 0 aromatic carbocycles. The number of carbonyl (C=O) groups excluding carboxylic acids is 1. The molecular formula is C15H25N5O4. The van der Waals surface area contributed by atoms with Gasteiger partial charge in [0.2, 0.25) is 5.82 Å². The first kappa shape index (κ1) is 18.2. The van der Waals surface area contributed by atoms with Gasteiger partial charge in [-0.05, 0) is 44.7 Å². The maximum atomic E-state index is 11.8. The lowest BCUT2D eigenvalue weighted by Gasteiger charge is -2.36. The van der Waals surface area contributed by atoms with Gasteiger partial charge in [0.1, 0.15) is 0 Å². The molecule has 9 nitrogen and oxygen atoms in total. The van der Waals surface area contributed by atoms with Crippen LogP contribution in [-0.2, 0) is 4.79 Å². The van der Waals surface area contributed by atoms with Gasteiger partial charge in [0.05, 0.1) is 0 Å². The Kier molecular flexibility index (Phi) is 6.98. The minimum Gasteiger partial charge on any atom is -0.483 e. The Bertz CT molecular complexity index is 570. The molecule has 4 N–H and O–H groups in total. The first-order valence-corrected chi connectivity index (χ1v) is 8.38. The van der Waals surface area contributed by atoms with Gasteiger partial charge in [0.25, 0.3) is 12.4 Å². The van der Waals surface area contributed by atoms with Crippen LogP contribution >= 0.6 is 0 Å². The summed E-state index contributed by atoms with van der Waals surface area (Å²) in [7, 11) is 0. The van der Waals surface area contributed by atoms with Crippen molar-refractivity contribution in [2.45, 2.75) is 44.6 Å². The summed E-state index contributed by atoms with van der Waals surface area (Å²) in [6, 6.07) is 0.801. The van der Waals surface area contributed by atoms with Crippen molar-refractivity contribution in [1.29, 1.82) is 0 Å². The smallest absolute Gasteiger partial charge is 0.341 e. The van der Waals surface area contributed by atoms with Crippen molar-refractivity contribution in [2.24, 2.45) is 5.92 Å². The summed E-state index contributed by atoms with van der Waals surface area (Å²) in [5.41, 5.74) is -0.454. The topological polar surface area (TPSA) is 131 Å². The quantitative estimate of drug-likeness (QED) is 0.579. The van der Waals surface area contributed by atoms with E-state index in [0.29, 0.717) is 12.5 Å². The summed E-state index contributed by atoms with van der Waals surface area (Å²) < 4.78 is 0. The third kappa shape index (κ3) is 5.19. The van der Waals surface area contributed by atoms with E-state index in [1.54, 1.807) is 0 Å². The Morgan fingerprint density at radius 2 is 1.92 bits per heavy atom. The van der Waals surface area contributed by atoms with Crippen LogP contribution in [-0.4, -0.2) is 63.2 Å². The second-order valence-electron chi connectivity index (χ2n) is 6.26. The van der Waals surface area contributed by atoms with Gasteiger partial charge in [-0.15, -0.1) is 5.10 Å². The fraction of sp³-hybridized carbons (Fsp3) is 0.733. The highest BCUT2D eigenvalue weighted by molar-refractivity contribution is 5.90. The SMILES string of the molecule is O=C(NCC1CCN(C2CCCC2)CC1)c1n[nH]c(=O)[nH]1.O=CO. The van der Waals surface area contributed by atoms with Gasteiger partial charge in [-0.1, -0.05) is 12.8 Å². The lowest BCUT2D eigenvalue weighted by atomic mass is 9.95. The Morgan fingerprint density at radius 1 is 1.29 bits per heavy atom. The van der Waals surface area contributed by atoms with E-state index in [9.17, 15) is 9.59 Å². The number of amides is 1. The van der Waals surface area contributed by atoms with Gasteiger partial charge in [-0.3, -0.25) is 14.6 Å². The molecule has 9 heteroatoms. The number of rotatable bonds is 4. The number of hydrogen-bond acceptors (Lipinski definition) is 5. The fourth-order valence-electron chi connectivity index (χ4n) is 3.49. The molecule has 0 spiro atoms. The van der Waals surface area contributed by atoms with Crippen molar-refractivity contribution in [3.63, 3.8) is 0 Å². The van der Waals surface area contributed by atoms with Crippen LogP contribution in [0, 0.1) is 5.92 Å². The first-order valence-electron chi connectivity index (χ1n) is 8.38. The molecule has 2 fully saturated rings. The molecule has 1 aromatic rings. The van der Waals surface area contributed by atoms with Gasteiger partial charge < -0.3 is 15.3 Å². The van der Waals surface area contributed by atoms with Gasteiger partial charge in [-0.2, -0.15) is 0 Å². The summed E-state index contributed by atoms with van der Waals surface area (Å²) in [6.07, 6.45) is 7.73. The van der Waals surface area contributed by atoms with Crippen LogP contribution in [0.4, 0.5) is 0 Å². The molecule has 2 heterocycles. The van der Waals surface area contributed by atoms with E-state index in [2.05, 4.69) is 25.4 Å². The standard InChI is InChI=1S/C14H23N5O2.CH2O2/c20-13(12-16-14(21)18-17-12)15-9-10-5-7-19(8-6-10)11-3-1-2-4-11;2-1-3/h10-11H,1-9H2,(H,15,20)(H2,16,17,18,21);1H,(H,2,3). The maximum Gasteiger partial charge on any atom is 0.341 e. The number of nitrogens with zero attached hydrogens (tertiary/aromatic N) is 2. The van der Waals surface area contributed by atoms with Gasteiger partial charge >= 0.3 is 5.69 Å². The number of piperidine rings is 1. The summed E-state index contributed by atoms with van der Waals surface area (Å²) in [5.74, 6) is 0.271. The Morgan fingerprint density at radius 3 is 2.46 bits per heavy atom. The van der Waals surface area contributed by atoms with E-state index >= 15 is 0 Å². The number of likely N-dealkylation sites (tertiary alicyclic amines) is 1. The van der Waals surface area contributed by atoms with Gasteiger partial charge in [-0.25, -0.2) is 9.89 Å². The molecule has 1 amide bonds. The van der Waals surface area contributed by atoms with Crippen molar-refractivity contribution < 1.29 is 14.7 Å². The predicted molar refractivity (Wildman–Crippen MR) is 86.8 cm³/mol. The van der Waals surface area contributed by atoms with E-state index < -0.39 is 5.69 Å². The first-order chi connectivity index (χ1) is 11.6. The number of carboxylic acid groups (broad SMARTS) is 1. The predicted octanol–water partition coefficient (Wildman–Crippen LogP) is 0.183. The number of H-pyrrole nitrogens is 2. The van der Waals surface area contributed by atoms with Crippen molar-refractivity contribution in [2.75, 3.05) is 19.6 Å². The van der Waals surface area contributed by atoms with Crippen molar-refractivity contribution in [3.05, 3.63) is 16.3 Å². The average molecular weight is 339 g/mol. The normalized spacial score (nSPS) is 19.5. The summed E-state index contributed by atoms with van der Waals surface area (Å²) >= 11 is 0. The fourth-order valence-corrected chi connectivity index (χ4v) is 3.49. The minimum atomic E-state index is -0.454. The average Bonchev–Trinajstić information content (AvgIpc) is 3.25. The molecule has 0 unspecified atom stereocenters. The zero-order valence-corrected chi connectivity index (χ0v) is 13.7. The van der Waals surface area contributed by atoms with Crippen LogP contribution in [0.25, 0.3) is 0 Å². The van der Waals surface area contributed by atoms with Gasteiger partial charge in [0.15, 0.2) is 0 Å². The van der Waals surface area contributed by atoms with Crippen LogP contribution < -0.4 is 11.0 Å². The zero-order chi connectivity index (χ0) is 17.4. The largest absolute Gasteiger partial charge is 0.483 e. The van der Waals surface area contributed by atoms with E-state index in [-0.39, 0.29) is 18.2 Å².